The third-order valence-corrected chi connectivity index (χ3v) is 4.30. The lowest BCUT2D eigenvalue weighted by Gasteiger charge is -2.24. The van der Waals surface area contributed by atoms with Crippen molar-refractivity contribution >= 4 is 35.3 Å². The molecule has 0 fully saturated rings. The maximum atomic E-state index is 6.09. The van der Waals surface area contributed by atoms with Gasteiger partial charge in [0.15, 0.2) is 0 Å². The van der Waals surface area contributed by atoms with E-state index < -0.39 is 0 Å². The largest absolute Gasteiger partial charge is 0.306 e. The number of fused-ring (bicyclic) bond motifs is 1. The first kappa shape index (κ1) is 12.9. The van der Waals surface area contributed by atoms with Crippen molar-refractivity contribution in [1.29, 1.82) is 0 Å². The number of hydrogen-bond acceptors (Lipinski definition) is 2. The fourth-order valence-corrected chi connectivity index (χ4v) is 3.55. The van der Waals surface area contributed by atoms with Gasteiger partial charge in [-0.25, -0.2) is 0 Å². The molecule has 90 valence electrons. The van der Waals surface area contributed by atoms with Gasteiger partial charge in [0.2, 0.25) is 0 Å². The predicted octanol–water partition coefficient (Wildman–Crippen LogP) is 4.06. The highest BCUT2D eigenvalue weighted by molar-refractivity contribution is 7.16. The molecule has 1 aliphatic rings. The molecule has 1 aromatic carbocycles. The van der Waals surface area contributed by atoms with Gasteiger partial charge in [0.25, 0.3) is 0 Å². The van der Waals surface area contributed by atoms with Crippen LogP contribution in [-0.2, 0) is 6.42 Å². The van der Waals surface area contributed by atoms with Gasteiger partial charge < -0.3 is 5.32 Å². The summed E-state index contributed by atoms with van der Waals surface area (Å²) in [4.78, 5) is 1.43. The van der Waals surface area contributed by atoms with E-state index >= 15 is 0 Å². The van der Waals surface area contributed by atoms with Crippen LogP contribution in [0.2, 0.25) is 4.34 Å². The maximum absolute atomic E-state index is 6.09. The van der Waals surface area contributed by atoms with Crippen LogP contribution in [0, 0.1) is 0 Å². The number of halogens is 2. The van der Waals surface area contributed by atoms with Crippen molar-refractivity contribution < 1.29 is 0 Å². The third kappa shape index (κ3) is 2.50. The number of benzene rings is 1. The number of thiophene rings is 1. The second kappa shape index (κ2) is 5.40. The Kier molecular flexibility index (Phi) is 4.10. The summed E-state index contributed by atoms with van der Waals surface area (Å²) in [6.07, 6.45) is 1.09. The van der Waals surface area contributed by atoms with Crippen molar-refractivity contribution in [3.8, 4) is 0 Å². The van der Waals surface area contributed by atoms with Gasteiger partial charge in [-0.3, -0.25) is 0 Å². The van der Waals surface area contributed by atoms with Crippen LogP contribution in [0.1, 0.15) is 22.0 Å². The monoisotopic (exact) mass is 285 g/mol. The zero-order valence-corrected chi connectivity index (χ0v) is 11.5. The van der Waals surface area contributed by atoms with Gasteiger partial charge in [0.1, 0.15) is 0 Å². The Balaban J connectivity index is 0.00000108. The van der Waals surface area contributed by atoms with Crippen molar-refractivity contribution in [3.63, 3.8) is 0 Å². The molecule has 0 spiro atoms. The highest BCUT2D eigenvalue weighted by Gasteiger charge is 2.23. The zero-order chi connectivity index (χ0) is 11.0. The summed E-state index contributed by atoms with van der Waals surface area (Å²) in [5.41, 5.74) is 2.67. The molecule has 4 heteroatoms. The molecule has 0 amide bonds. The Morgan fingerprint density at radius 3 is 2.76 bits per heavy atom. The van der Waals surface area contributed by atoms with Gasteiger partial charge >= 0.3 is 0 Å². The molecule has 1 unspecified atom stereocenters. The van der Waals surface area contributed by atoms with Crippen LogP contribution in [0.15, 0.2) is 36.4 Å². The van der Waals surface area contributed by atoms with Crippen molar-refractivity contribution in [2.24, 2.45) is 0 Å². The zero-order valence-electron chi connectivity index (χ0n) is 9.15. The van der Waals surface area contributed by atoms with Gasteiger partial charge in [-0.1, -0.05) is 41.9 Å². The molecule has 1 atom stereocenters. The summed E-state index contributed by atoms with van der Waals surface area (Å²) >= 11 is 7.81. The molecule has 1 nitrogen and oxygen atoms in total. The summed E-state index contributed by atoms with van der Waals surface area (Å²) in [5.74, 6) is 0. The van der Waals surface area contributed by atoms with Crippen molar-refractivity contribution in [2.45, 2.75) is 12.5 Å². The molecule has 0 aliphatic carbocycles. The SMILES string of the molecule is Cl.Clc1cc2c(s1)CCNC2c1ccccc1. The van der Waals surface area contributed by atoms with Gasteiger partial charge in [-0.05, 0) is 23.6 Å². The fourth-order valence-electron chi connectivity index (χ4n) is 2.23. The van der Waals surface area contributed by atoms with Crippen molar-refractivity contribution in [3.05, 3.63) is 56.7 Å². The van der Waals surface area contributed by atoms with Gasteiger partial charge in [0.05, 0.1) is 10.4 Å². The quantitative estimate of drug-likeness (QED) is 0.833. The standard InChI is InChI=1S/C13H12ClNS.ClH/c14-12-8-10-11(16-12)6-7-15-13(10)9-4-2-1-3-5-9;/h1-5,8,13,15H,6-7H2;1H. The molecule has 0 bridgehead atoms. The van der Waals surface area contributed by atoms with Crippen LogP contribution in [-0.4, -0.2) is 6.54 Å². The number of hydrogen-bond donors (Lipinski definition) is 1. The molecule has 0 saturated heterocycles. The molecule has 0 radical (unpaired) electrons. The minimum absolute atomic E-state index is 0. The Morgan fingerprint density at radius 1 is 1.24 bits per heavy atom. The molecule has 0 saturated carbocycles. The normalized spacial score (nSPS) is 18.3. The second-order valence-electron chi connectivity index (χ2n) is 3.98. The average molecular weight is 286 g/mol. The first-order valence-electron chi connectivity index (χ1n) is 5.41. The van der Waals surface area contributed by atoms with Crippen LogP contribution >= 0.6 is 35.3 Å². The minimum Gasteiger partial charge on any atom is -0.306 e. The van der Waals surface area contributed by atoms with E-state index in [1.54, 1.807) is 11.3 Å². The third-order valence-electron chi connectivity index (χ3n) is 2.96. The topological polar surface area (TPSA) is 12.0 Å². The van der Waals surface area contributed by atoms with Gasteiger partial charge in [0, 0.05) is 11.4 Å². The smallest absolute Gasteiger partial charge is 0.0934 e. The van der Waals surface area contributed by atoms with E-state index in [1.807, 2.05) is 6.07 Å². The Bertz CT molecular complexity index is 495. The summed E-state index contributed by atoms with van der Waals surface area (Å²) in [5, 5.41) is 3.55. The second-order valence-corrected chi connectivity index (χ2v) is 5.74. The van der Waals surface area contributed by atoms with E-state index in [1.165, 1.54) is 16.0 Å². The summed E-state index contributed by atoms with van der Waals surface area (Å²) in [6, 6.07) is 13.0. The summed E-state index contributed by atoms with van der Waals surface area (Å²) < 4.78 is 0.898. The molecule has 2 aromatic rings. The molecule has 1 N–H and O–H groups in total. The Hall–Kier alpha value is -0.540. The number of rotatable bonds is 1. The fraction of sp³-hybridized carbons (Fsp3) is 0.231. The minimum atomic E-state index is 0. The van der Waals surface area contributed by atoms with Gasteiger partial charge in [-0.2, -0.15) is 0 Å². The molecular formula is C13H13Cl2NS. The van der Waals surface area contributed by atoms with Gasteiger partial charge in [-0.15, -0.1) is 23.7 Å². The maximum Gasteiger partial charge on any atom is 0.0934 e. The van der Waals surface area contributed by atoms with Crippen LogP contribution in [0.3, 0.4) is 0 Å². The molecule has 1 aromatic heterocycles. The van der Waals surface area contributed by atoms with E-state index in [4.69, 9.17) is 11.6 Å². The van der Waals surface area contributed by atoms with E-state index in [0.717, 1.165) is 17.3 Å². The summed E-state index contributed by atoms with van der Waals surface area (Å²) in [7, 11) is 0. The molecule has 17 heavy (non-hydrogen) atoms. The van der Waals surface area contributed by atoms with Crippen LogP contribution in [0.4, 0.5) is 0 Å². The highest BCUT2D eigenvalue weighted by Crippen LogP contribution is 2.36. The number of nitrogens with one attached hydrogen (secondary N) is 1. The van der Waals surface area contributed by atoms with E-state index in [0.29, 0.717) is 6.04 Å². The average Bonchev–Trinajstić information content (AvgIpc) is 2.70. The van der Waals surface area contributed by atoms with Crippen LogP contribution < -0.4 is 5.32 Å². The lowest BCUT2D eigenvalue weighted by atomic mass is 9.96. The van der Waals surface area contributed by atoms with Crippen LogP contribution in [0.5, 0.6) is 0 Å². The first-order chi connectivity index (χ1) is 7.84. The molecule has 1 aliphatic heterocycles. The summed E-state index contributed by atoms with van der Waals surface area (Å²) in [6.45, 7) is 1.03. The Labute approximate surface area is 116 Å². The van der Waals surface area contributed by atoms with E-state index in [2.05, 4.69) is 35.6 Å². The van der Waals surface area contributed by atoms with E-state index in [9.17, 15) is 0 Å². The van der Waals surface area contributed by atoms with Crippen molar-refractivity contribution in [1.82, 2.24) is 5.32 Å². The van der Waals surface area contributed by atoms with Crippen molar-refractivity contribution in [2.75, 3.05) is 6.54 Å². The predicted molar refractivity (Wildman–Crippen MR) is 76.6 cm³/mol. The molecular weight excluding hydrogens is 273 g/mol. The molecule has 2 heterocycles. The molecule has 3 rings (SSSR count). The lowest BCUT2D eigenvalue weighted by Crippen LogP contribution is -2.29. The van der Waals surface area contributed by atoms with E-state index in [-0.39, 0.29) is 12.4 Å². The lowest BCUT2D eigenvalue weighted by molar-refractivity contribution is 0.575. The highest BCUT2D eigenvalue weighted by atomic mass is 35.5. The Morgan fingerprint density at radius 2 is 2.00 bits per heavy atom. The first-order valence-corrected chi connectivity index (χ1v) is 6.60. The van der Waals surface area contributed by atoms with Crippen LogP contribution in [0.25, 0.3) is 0 Å².